The molecule has 3 rings (SSSR count). The number of hydrazine groups is 1. The predicted octanol–water partition coefficient (Wildman–Crippen LogP) is -0.324. The van der Waals surface area contributed by atoms with Crippen molar-refractivity contribution in [1.29, 1.82) is 0 Å². The summed E-state index contributed by atoms with van der Waals surface area (Å²) in [6, 6.07) is -0.737. The van der Waals surface area contributed by atoms with Crippen LogP contribution in [0.5, 0.6) is 0 Å². The predicted molar refractivity (Wildman–Crippen MR) is 101 cm³/mol. The van der Waals surface area contributed by atoms with Crippen LogP contribution in [0.1, 0.15) is 51.4 Å². The number of piperidine rings is 1. The maximum atomic E-state index is 12.7. The van der Waals surface area contributed by atoms with Gasteiger partial charge < -0.3 is 10.2 Å². The largest absolute Gasteiger partial charge is 0.344 e. The lowest BCUT2D eigenvalue weighted by molar-refractivity contribution is -0.140. The lowest BCUT2D eigenvalue weighted by Crippen LogP contribution is -2.51. The molecule has 3 N–H and O–H groups in total. The second kappa shape index (κ2) is 8.34. The van der Waals surface area contributed by atoms with Gasteiger partial charge in [0.15, 0.2) is 0 Å². The summed E-state index contributed by atoms with van der Waals surface area (Å²) in [5.74, 6) is -0.782. The third-order valence-electron chi connectivity index (χ3n) is 5.65. The fraction of sp³-hybridized carbons (Fsp3) is 0.824. The van der Waals surface area contributed by atoms with Gasteiger partial charge in [0.1, 0.15) is 5.54 Å². The lowest BCUT2D eigenvalue weighted by Gasteiger charge is -2.32. The standard InChI is InChI=1S/C17H29N5O5S/c1-28(26,27)20-13-6-5-10-21(12-13)11-7-14(23)19-22-15(24)17(18-16(22)25)8-3-2-4-9-17/h13,20H,2-12H2,1H3,(H,18,25)(H,19,23). The summed E-state index contributed by atoms with van der Waals surface area (Å²) in [5.41, 5.74) is 1.57. The minimum Gasteiger partial charge on any atom is -0.322 e. The number of carbonyl (C=O) groups is 3. The Bertz CT molecular complexity index is 734. The Balaban J connectivity index is 1.48. The Morgan fingerprint density at radius 2 is 1.93 bits per heavy atom. The SMILES string of the molecule is CS(=O)(=O)NC1CCCN(CCC(=O)NN2C(=O)NC3(CCCCC3)C2=O)C1. The molecule has 0 aromatic rings. The van der Waals surface area contributed by atoms with E-state index in [4.69, 9.17) is 0 Å². The molecule has 3 fully saturated rings. The second-order valence-corrected chi connectivity index (χ2v) is 9.81. The van der Waals surface area contributed by atoms with Gasteiger partial charge in [-0.15, -0.1) is 0 Å². The van der Waals surface area contributed by atoms with Gasteiger partial charge in [-0.25, -0.2) is 17.9 Å². The third-order valence-corrected chi connectivity index (χ3v) is 6.41. The first-order chi connectivity index (χ1) is 13.2. The van der Waals surface area contributed by atoms with Gasteiger partial charge in [-0.05, 0) is 32.2 Å². The van der Waals surface area contributed by atoms with E-state index in [0.29, 0.717) is 25.9 Å². The van der Waals surface area contributed by atoms with Crippen LogP contribution in [-0.4, -0.2) is 73.6 Å². The highest BCUT2D eigenvalue weighted by Crippen LogP contribution is 2.32. The van der Waals surface area contributed by atoms with Crippen molar-refractivity contribution in [2.45, 2.75) is 62.9 Å². The minimum atomic E-state index is -3.26. The number of urea groups is 1. The summed E-state index contributed by atoms with van der Waals surface area (Å²) in [4.78, 5) is 39.1. The first-order valence-electron chi connectivity index (χ1n) is 9.84. The van der Waals surface area contributed by atoms with Crippen molar-refractivity contribution in [3.8, 4) is 0 Å². The maximum absolute atomic E-state index is 12.7. The van der Waals surface area contributed by atoms with E-state index in [1.54, 1.807) is 0 Å². The van der Waals surface area contributed by atoms with Crippen molar-refractivity contribution >= 4 is 27.9 Å². The van der Waals surface area contributed by atoms with Crippen LogP contribution in [0.4, 0.5) is 4.79 Å². The molecule has 11 heteroatoms. The molecule has 1 spiro atoms. The number of amides is 4. The maximum Gasteiger partial charge on any atom is 0.344 e. The molecular weight excluding hydrogens is 386 g/mol. The Kier molecular flexibility index (Phi) is 6.25. The Morgan fingerprint density at radius 3 is 2.61 bits per heavy atom. The molecule has 0 radical (unpaired) electrons. The smallest absolute Gasteiger partial charge is 0.322 e. The van der Waals surface area contributed by atoms with E-state index in [-0.39, 0.29) is 18.4 Å². The van der Waals surface area contributed by atoms with Gasteiger partial charge in [0.25, 0.3) is 5.91 Å². The average molecular weight is 416 g/mol. The molecule has 2 heterocycles. The van der Waals surface area contributed by atoms with Crippen molar-refractivity contribution in [3.63, 3.8) is 0 Å². The van der Waals surface area contributed by atoms with E-state index in [1.165, 1.54) is 0 Å². The summed E-state index contributed by atoms with van der Waals surface area (Å²) >= 11 is 0. The van der Waals surface area contributed by atoms with Crippen molar-refractivity contribution in [2.24, 2.45) is 0 Å². The molecule has 0 aromatic carbocycles. The van der Waals surface area contributed by atoms with Gasteiger partial charge in [0.05, 0.1) is 6.26 Å². The number of imide groups is 1. The zero-order valence-corrected chi connectivity index (χ0v) is 17.0. The number of carbonyl (C=O) groups excluding carboxylic acids is 3. The van der Waals surface area contributed by atoms with Crippen molar-refractivity contribution in [1.82, 2.24) is 25.4 Å². The van der Waals surface area contributed by atoms with E-state index in [2.05, 4.69) is 15.5 Å². The number of hydrogen-bond acceptors (Lipinski definition) is 6. The molecule has 10 nitrogen and oxygen atoms in total. The van der Waals surface area contributed by atoms with Gasteiger partial charge in [-0.3, -0.25) is 15.0 Å². The van der Waals surface area contributed by atoms with E-state index < -0.39 is 27.5 Å². The molecule has 2 aliphatic heterocycles. The molecule has 2 saturated heterocycles. The zero-order valence-electron chi connectivity index (χ0n) is 16.2. The van der Waals surface area contributed by atoms with Gasteiger partial charge in [-0.1, -0.05) is 19.3 Å². The monoisotopic (exact) mass is 415 g/mol. The first-order valence-corrected chi connectivity index (χ1v) is 11.7. The topological polar surface area (TPSA) is 128 Å². The van der Waals surface area contributed by atoms with Crippen LogP contribution in [0.15, 0.2) is 0 Å². The summed E-state index contributed by atoms with van der Waals surface area (Å²) < 4.78 is 25.4. The molecule has 28 heavy (non-hydrogen) atoms. The van der Waals surface area contributed by atoms with Crippen LogP contribution >= 0.6 is 0 Å². The first kappa shape index (κ1) is 21.0. The van der Waals surface area contributed by atoms with Crippen LogP contribution in [0, 0.1) is 0 Å². The summed E-state index contributed by atoms with van der Waals surface area (Å²) in [6.07, 6.45) is 6.87. The van der Waals surface area contributed by atoms with Crippen LogP contribution in [0.3, 0.4) is 0 Å². The zero-order chi connectivity index (χ0) is 20.4. The molecule has 3 aliphatic rings. The van der Waals surface area contributed by atoms with Crippen molar-refractivity contribution in [2.75, 3.05) is 25.9 Å². The molecule has 0 bridgehead atoms. The highest BCUT2D eigenvalue weighted by atomic mass is 32.2. The van der Waals surface area contributed by atoms with Gasteiger partial charge >= 0.3 is 6.03 Å². The molecular formula is C17H29N5O5S. The number of likely N-dealkylation sites (tertiary alicyclic amines) is 1. The van der Waals surface area contributed by atoms with Crippen LogP contribution in [-0.2, 0) is 19.6 Å². The summed E-state index contributed by atoms with van der Waals surface area (Å²) in [6.45, 7) is 1.75. The fourth-order valence-electron chi connectivity index (χ4n) is 4.31. The molecule has 1 atom stereocenters. The Labute approximate surface area is 165 Å². The Hall–Kier alpha value is -1.72. The molecule has 4 amide bonds. The highest BCUT2D eigenvalue weighted by molar-refractivity contribution is 7.88. The number of nitrogens with zero attached hydrogens (tertiary/aromatic N) is 2. The lowest BCUT2D eigenvalue weighted by atomic mass is 9.82. The average Bonchev–Trinajstić information content (AvgIpc) is 2.83. The molecule has 158 valence electrons. The fourth-order valence-corrected chi connectivity index (χ4v) is 5.11. The van der Waals surface area contributed by atoms with Crippen LogP contribution in [0.2, 0.25) is 0 Å². The van der Waals surface area contributed by atoms with E-state index in [9.17, 15) is 22.8 Å². The van der Waals surface area contributed by atoms with Crippen molar-refractivity contribution in [3.05, 3.63) is 0 Å². The highest BCUT2D eigenvalue weighted by Gasteiger charge is 2.52. The third kappa shape index (κ3) is 5.00. The van der Waals surface area contributed by atoms with E-state index >= 15 is 0 Å². The van der Waals surface area contributed by atoms with Gasteiger partial charge in [0, 0.05) is 25.6 Å². The Morgan fingerprint density at radius 1 is 1.21 bits per heavy atom. The van der Waals surface area contributed by atoms with E-state index in [1.807, 2.05) is 4.90 Å². The van der Waals surface area contributed by atoms with Crippen LogP contribution < -0.4 is 15.5 Å². The molecule has 1 aliphatic carbocycles. The van der Waals surface area contributed by atoms with Gasteiger partial charge in [-0.2, -0.15) is 5.01 Å². The van der Waals surface area contributed by atoms with Crippen molar-refractivity contribution < 1.29 is 22.8 Å². The van der Waals surface area contributed by atoms with E-state index in [0.717, 1.165) is 49.9 Å². The molecule has 1 unspecified atom stereocenters. The number of hydrogen-bond donors (Lipinski definition) is 3. The number of nitrogens with one attached hydrogen (secondary N) is 3. The summed E-state index contributed by atoms with van der Waals surface area (Å²) in [7, 11) is -3.26. The molecule has 1 saturated carbocycles. The van der Waals surface area contributed by atoms with Crippen LogP contribution in [0.25, 0.3) is 0 Å². The second-order valence-electron chi connectivity index (χ2n) is 8.03. The quantitative estimate of drug-likeness (QED) is 0.510. The number of sulfonamides is 1. The summed E-state index contributed by atoms with van der Waals surface area (Å²) in [5, 5.41) is 3.57. The van der Waals surface area contributed by atoms with Gasteiger partial charge in [0.2, 0.25) is 15.9 Å². The normalized spacial score (nSPS) is 25.8. The molecule has 0 aromatic heterocycles. The number of rotatable bonds is 6. The minimum absolute atomic E-state index is 0.121.